The molecule has 0 saturated carbocycles. The number of hydrogen-bond donors (Lipinski definition) is 1. The van der Waals surface area contributed by atoms with Crippen molar-refractivity contribution < 1.29 is 14.3 Å². The summed E-state index contributed by atoms with van der Waals surface area (Å²) in [5.74, 6) is 0.589. The Balaban J connectivity index is 2.29. The third-order valence-corrected chi connectivity index (χ3v) is 1.52. The molecule has 0 unspecified atom stereocenters. The maximum absolute atomic E-state index is 11.2. The monoisotopic (exact) mass is 185 g/mol. The van der Waals surface area contributed by atoms with Gasteiger partial charge in [0.1, 0.15) is 24.0 Å². The van der Waals surface area contributed by atoms with E-state index in [9.17, 15) is 4.79 Å². The van der Waals surface area contributed by atoms with Crippen LogP contribution in [0.25, 0.3) is 0 Å². The Labute approximate surface area is 77.9 Å². The Morgan fingerprint density at radius 3 is 2.62 bits per heavy atom. The van der Waals surface area contributed by atoms with Crippen molar-refractivity contribution in [3.05, 3.63) is 12.3 Å². The van der Waals surface area contributed by atoms with Crippen molar-refractivity contribution in [3.63, 3.8) is 0 Å². The molecule has 1 rings (SSSR count). The van der Waals surface area contributed by atoms with Crippen LogP contribution in [0.3, 0.4) is 0 Å². The van der Waals surface area contributed by atoms with Crippen LogP contribution in [0.4, 0.5) is 4.79 Å². The van der Waals surface area contributed by atoms with E-state index >= 15 is 0 Å². The molecule has 1 amide bonds. The van der Waals surface area contributed by atoms with E-state index in [1.54, 1.807) is 0 Å². The van der Waals surface area contributed by atoms with Gasteiger partial charge in [0, 0.05) is 0 Å². The highest BCUT2D eigenvalue weighted by Gasteiger charge is 2.28. The van der Waals surface area contributed by atoms with Gasteiger partial charge in [-0.2, -0.15) is 0 Å². The Hall–Kier alpha value is -1.19. The van der Waals surface area contributed by atoms with Crippen molar-refractivity contribution >= 4 is 6.09 Å². The van der Waals surface area contributed by atoms with Crippen molar-refractivity contribution in [2.75, 3.05) is 6.61 Å². The summed E-state index contributed by atoms with van der Waals surface area (Å²) in [6, 6.07) is -0.0881. The summed E-state index contributed by atoms with van der Waals surface area (Å²) in [4.78, 5) is 11.2. The lowest BCUT2D eigenvalue weighted by Gasteiger charge is -2.31. The van der Waals surface area contributed by atoms with E-state index in [1.807, 2.05) is 20.8 Å². The van der Waals surface area contributed by atoms with Crippen LogP contribution in [0.5, 0.6) is 0 Å². The normalized spacial score (nSPS) is 21.5. The van der Waals surface area contributed by atoms with Gasteiger partial charge in [0.05, 0.1) is 0 Å². The first kappa shape index (κ1) is 9.89. The average Bonchev–Trinajstić information content (AvgIpc) is 1.94. The molecule has 0 bridgehead atoms. The molecule has 0 aromatic heterocycles. The minimum Gasteiger partial charge on any atom is -0.494 e. The van der Waals surface area contributed by atoms with Crippen LogP contribution < -0.4 is 5.32 Å². The topological polar surface area (TPSA) is 47.6 Å². The highest BCUT2D eigenvalue weighted by Crippen LogP contribution is 2.15. The molecule has 4 nitrogen and oxygen atoms in total. The molecule has 1 aliphatic heterocycles. The predicted octanol–water partition coefficient (Wildman–Crippen LogP) is 1.42. The highest BCUT2D eigenvalue weighted by molar-refractivity contribution is 5.68. The fourth-order valence-electron chi connectivity index (χ4n) is 0.856. The zero-order valence-corrected chi connectivity index (χ0v) is 8.22. The number of rotatable bonds is 1. The third kappa shape index (κ3) is 2.97. The quantitative estimate of drug-likeness (QED) is 0.672. The molecule has 1 heterocycles. The molecular weight excluding hydrogens is 170 g/mol. The Morgan fingerprint density at radius 1 is 1.69 bits per heavy atom. The fraction of sp³-hybridized carbons (Fsp3) is 0.667. The highest BCUT2D eigenvalue weighted by atomic mass is 16.6. The molecule has 1 atom stereocenters. The first-order valence-electron chi connectivity index (χ1n) is 4.19. The minimum atomic E-state index is -0.462. The fourth-order valence-corrected chi connectivity index (χ4v) is 0.856. The standard InChI is InChI=1S/C9H15NO3/c1-6-7(5-12-6)10-8(11)13-9(2,3)4/h7H,1,5H2,2-4H3,(H,10,11)/t7-/m1/s1. The van der Waals surface area contributed by atoms with Gasteiger partial charge in [-0.25, -0.2) is 4.79 Å². The van der Waals surface area contributed by atoms with Gasteiger partial charge >= 0.3 is 6.09 Å². The van der Waals surface area contributed by atoms with Gasteiger partial charge < -0.3 is 14.8 Å². The van der Waals surface area contributed by atoms with E-state index in [-0.39, 0.29) is 6.04 Å². The molecule has 0 aliphatic carbocycles. The van der Waals surface area contributed by atoms with E-state index in [1.165, 1.54) is 0 Å². The van der Waals surface area contributed by atoms with Crippen molar-refractivity contribution in [2.24, 2.45) is 0 Å². The van der Waals surface area contributed by atoms with Crippen LogP contribution in [-0.4, -0.2) is 24.3 Å². The molecule has 1 aliphatic rings. The summed E-state index contributed by atoms with van der Waals surface area (Å²) in [6.07, 6.45) is -0.429. The number of hydrogen-bond acceptors (Lipinski definition) is 3. The molecule has 1 N–H and O–H groups in total. The maximum Gasteiger partial charge on any atom is 0.408 e. The first-order chi connectivity index (χ1) is 5.88. The Morgan fingerprint density at radius 2 is 2.31 bits per heavy atom. The van der Waals surface area contributed by atoms with Gasteiger partial charge in [0.25, 0.3) is 0 Å². The summed E-state index contributed by atoms with van der Waals surface area (Å²) >= 11 is 0. The van der Waals surface area contributed by atoms with Gasteiger partial charge in [0.15, 0.2) is 0 Å². The SMILES string of the molecule is C=C1OC[C@H]1NC(=O)OC(C)(C)C. The van der Waals surface area contributed by atoms with Gasteiger partial charge in [-0.3, -0.25) is 0 Å². The second-order valence-electron chi connectivity index (χ2n) is 3.98. The molecule has 4 heteroatoms. The second kappa shape index (κ2) is 3.28. The Kier molecular flexibility index (Phi) is 2.50. The van der Waals surface area contributed by atoms with Crippen LogP contribution in [0.2, 0.25) is 0 Å². The number of ether oxygens (including phenoxy) is 2. The average molecular weight is 185 g/mol. The minimum absolute atomic E-state index is 0.0881. The number of nitrogens with one attached hydrogen (secondary N) is 1. The summed E-state index contributed by atoms with van der Waals surface area (Å²) < 4.78 is 9.96. The van der Waals surface area contributed by atoms with E-state index in [2.05, 4.69) is 11.9 Å². The first-order valence-corrected chi connectivity index (χ1v) is 4.19. The molecule has 1 saturated heterocycles. The Bertz CT molecular complexity index is 230. The number of alkyl carbamates (subject to hydrolysis) is 1. The van der Waals surface area contributed by atoms with E-state index < -0.39 is 11.7 Å². The van der Waals surface area contributed by atoms with E-state index in [0.29, 0.717) is 12.4 Å². The van der Waals surface area contributed by atoms with Crippen LogP contribution in [0.1, 0.15) is 20.8 Å². The largest absolute Gasteiger partial charge is 0.494 e. The van der Waals surface area contributed by atoms with E-state index in [0.717, 1.165) is 0 Å². The second-order valence-corrected chi connectivity index (χ2v) is 3.98. The zero-order valence-electron chi connectivity index (χ0n) is 8.22. The molecule has 0 radical (unpaired) electrons. The summed E-state index contributed by atoms with van der Waals surface area (Å²) in [5.41, 5.74) is -0.462. The van der Waals surface area contributed by atoms with Gasteiger partial charge in [-0.05, 0) is 20.8 Å². The molecular formula is C9H15NO3. The van der Waals surface area contributed by atoms with Crippen molar-refractivity contribution in [1.29, 1.82) is 0 Å². The van der Waals surface area contributed by atoms with Gasteiger partial charge in [0.2, 0.25) is 0 Å². The number of amides is 1. The summed E-state index contributed by atoms with van der Waals surface area (Å²) in [7, 11) is 0. The molecule has 0 spiro atoms. The van der Waals surface area contributed by atoms with Crippen LogP contribution in [0.15, 0.2) is 12.3 Å². The van der Waals surface area contributed by atoms with Crippen molar-refractivity contribution in [1.82, 2.24) is 5.32 Å². The van der Waals surface area contributed by atoms with Crippen molar-refractivity contribution in [2.45, 2.75) is 32.4 Å². The lowest BCUT2D eigenvalue weighted by atomic mass is 10.2. The van der Waals surface area contributed by atoms with Crippen LogP contribution in [-0.2, 0) is 9.47 Å². The predicted molar refractivity (Wildman–Crippen MR) is 48.2 cm³/mol. The summed E-state index contributed by atoms with van der Waals surface area (Å²) in [5, 5.41) is 2.64. The summed E-state index contributed by atoms with van der Waals surface area (Å²) in [6.45, 7) is 9.54. The molecule has 74 valence electrons. The van der Waals surface area contributed by atoms with Crippen LogP contribution >= 0.6 is 0 Å². The lowest BCUT2D eigenvalue weighted by Crippen LogP contribution is -2.48. The number of carbonyl (C=O) groups excluding carboxylic acids is 1. The van der Waals surface area contributed by atoms with Crippen LogP contribution in [0, 0.1) is 0 Å². The smallest absolute Gasteiger partial charge is 0.408 e. The molecule has 0 aromatic rings. The van der Waals surface area contributed by atoms with E-state index in [4.69, 9.17) is 9.47 Å². The number of carbonyl (C=O) groups is 1. The maximum atomic E-state index is 11.2. The third-order valence-electron chi connectivity index (χ3n) is 1.52. The molecule has 1 fully saturated rings. The van der Waals surface area contributed by atoms with Gasteiger partial charge in [-0.15, -0.1) is 0 Å². The van der Waals surface area contributed by atoms with Gasteiger partial charge in [-0.1, -0.05) is 6.58 Å². The molecule has 13 heavy (non-hydrogen) atoms. The molecule has 0 aromatic carbocycles. The lowest BCUT2D eigenvalue weighted by molar-refractivity contribution is 0.0310. The zero-order chi connectivity index (χ0) is 10.1. The van der Waals surface area contributed by atoms with Crippen molar-refractivity contribution in [3.8, 4) is 0 Å².